The second-order valence-corrected chi connectivity index (χ2v) is 10.9. The molecule has 4 rings (SSSR count). The van der Waals surface area contributed by atoms with Gasteiger partial charge in [-0.25, -0.2) is 0 Å². The molecule has 4 aliphatic carbocycles. The van der Waals surface area contributed by atoms with E-state index in [1.807, 2.05) is 0 Å². The summed E-state index contributed by atoms with van der Waals surface area (Å²) >= 11 is 0. The Balaban J connectivity index is 1.59. The van der Waals surface area contributed by atoms with Gasteiger partial charge in [-0.15, -0.1) is 0 Å². The molecule has 3 fully saturated rings. The standard InChI is InChI=1S/C24H38O4/c1-14(4-7-21(27)28)17-5-6-18-22-19(9-11-24(17,18)3)23(2)10-8-16(25)12-15(23)13-20(22)26/h13-14,16-20,22,25-26H,4-12H2,1-3H3,(H,27,28)/t14?,16-,17+,18-,19-,20-,22-,23-,24+/m0/s1. The Labute approximate surface area is 169 Å². The quantitative estimate of drug-likeness (QED) is 0.622. The molecule has 0 spiro atoms. The highest BCUT2D eigenvalue weighted by atomic mass is 16.4. The van der Waals surface area contributed by atoms with Gasteiger partial charge in [0.2, 0.25) is 0 Å². The number of aliphatic carboxylic acids is 1. The summed E-state index contributed by atoms with van der Waals surface area (Å²) in [5.41, 5.74) is 1.65. The minimum absolute atomic E-state index is 0.136. The first kappa shape index (κ1) is 20.4. The van der Waals surface area contributed by atoms with Crippen molar-refractivity contribution in [3.05, 3.63) is 11.6 Å². The Morgan fingerprint density at radius 2 is 1.89 bits per heavy atom. The molecule has 0 aromatic heterocycles. The van der Waals surface area contributed by atoms with Crippen molar-refractivity contribution in [3.63, 3.8) is 0 Å². The van der Waals surface area contributed by atoms with Crippen LogP contribution >= 0.6 is 0 Å². The van der Waals surface area contributed by atoms with Crippen LogP contribution < -0.4 is 0 Å². The van der Waals surface area contributed by atoms with Crippen molar-refractivity contribution in [1.82, 2.24) is 0 Å². The van der Waals surface area contributed by atoms with Crippen LogP contribution in [0.25, 0.3) is 0 Å². The van der Waals surface area contributed by atoms with Crippen molar-refractivity contribution in [2.24, 2.45) is 40.4 Å². The Morgan fingerprint density at radius 1 is 1.14 bits per heavy atom. The summed E-state index contributed by atoms with van der Waals surface area (Å²) in [5, 5.41) is 30.4. The first-order valence-corrected chi connectivity index (χ1v) is 11.5. The van der Waals surface area contributed by atoms with E-state index in [2.05, 4.69) is 26.8 Å². The molecule has 4 heteroatoms. The van der Waals surface area contributed by atoms with E-state index >= 15 is 0 Å². The van der Waals surface area contributed by atoms with Gasteiger partial charge in [0.15, 0.2) is 0 Å². The summed E-state index contributed by atoms with van der Waals surface area (Å²) in [5.74, 6) is 1.66. The van der Waals surface area contributed by atoms with Gasteiger partial charge in [-0.3, -0.25) is 4.79 Å². The molecule has 0 saturated heterocycles. The van der Waals surface area contributed by atoms with Gasteiger partial charge in [-0.1, -0.05) is 32.4 Å². The molecule has 0 aliphatic heterocycles. The molecule has 9 atom stereocenters. The largest absolute Gasteiger partial charge is 0.481 e. The molecule has 0 aromatic rings. The number of aliphatic hydroxyl groups excluding tert-OH is 2. The molecular formula is C24H38O4. The molecule has 0 heterocycles. The lowest BCUT2D eigenvalue weighted by atomic mass is 9.46. The van der Waals surface area contributed by atoms with Crippen LogP contribution in [-0.4, -0.2) is 33.5 Å². The van der Waals surface area contributed by atoms with E-state index in [0.717, 1.165) is 32.1 Å². The minimum atomic E-state index is -0.692. The maximum atomic E-state index is 11.2. The number of carboxylic acid groups (broad SMARTS) is 1. The average molecular weight is 391 g/mol. The molecule has 158 valence electrons. The summed E-state index contributed by atoms with van der Waals surface area (Å²) in [6.07, 6.45) is 9.82. The van der Waals surface area contributed by atoms with Crippen molar-refractivity contribution in [2.45, 2.75) is 90.8 Å². The number of aliphatic hydroxyl groups is 2. The summed E-state index contributed by atoms with van der Waals surface area (Å²) in [6, 6.07) is 0. The van der Waals surface area contributed by atoms with Gasteiger partial charge in [0.25, 0.3) is 0 Å². The van der Waals surface area contributed by atoms with E-state index in [4.69, 9.17) is 5.11 Å². The zero-order valence-corrected chi connectivity index (χ0v) is 17.7. The third-order valence-electron chi connectivity index (χ3n) is 9.68. The third-order valence-corrected chi connectivity index (χ3v) is 9.68. The maximum absolute atomic E-state index is 11.2. The van der Waals surface area contributed by atoms with Crippen LogP contribution in [0.2, 0.25) is 0 Å². The fourth-order valence-corrected chi connectivity index (χ4v) is 8.16. The number of hydrogen-bond acceptors (Lipinski definition) is 3. The summed E-state index contributed by atoms with van der Waals surface area (Å²) < 4.78 is 0. The molecule has 0 radical (unpaired) electrons. The van der Waals surface area contributed by atoms with E-state index in [1.54, 1.807) is 0 Å². The minimum Gasteiger partial charge on any atom is -0.481 e. The highest BCUT2D eigenvalue weighted by Crippen LogP contribution is 2.67. The number of fused-ring (bicyclic) bond motifs is 5. The predicted octanol–water partition coefficient (Wildman–Crippen LogP) is 4.40. The lowest BCUT2D eigenvalue weighted by molar-refractivity contribution is -0.137. The van der Waals surface area contributed by atoms with Crippen LogP contribution in [0.4, 0.5) is 0 Å². The Morgan fingerprint density at radius 3 is 2.61 bits per heavy atom. The van der Waals surface area contributed by atoms with Gasteiger partial charge < -0.3 is 15.3 Å². The molecule has 1 unspecified atom stereocenters. The summed E-state index contributed by atoms with van der Waals surface area (Å²) in [4.78, 5) is 11.0. The number of carboxylic acids is 1. The average Bonchev–Trinajstić information content (AvgIpc) is 2.98. The summed E-state index contributed by atoms with van der Waals surface area (Å²) in [6.45, 7) is 7.06. The van der Waals surface area contributed by atoms with Gasteiger partial charge in [0.1, 0.15) is 0 Å². The topological polar surface area (TPSA) is 77.8 Å². The van der Waals surface area contributed by atoms with Gasteiger partial charge in [-0.2, -0.15) is 0 Å². The number of hydrogen-bond donors (Lipinski definition) is 3. The normalized spacial score (nSPS) is 48.8. The first-order chi connectivity index (χ1) is 13.2. The van der Waals surface area contributed by atoms with E-state index in [1.165, 1.54) is 24.8 Å². The molecule has 4 nitrogen and oxygen atoms in total. The SMILES string of the molecule is CC(CCC(=O)O)[C@H]1CC[C@H]2[C@@H]3[C@@H](O)C=C4C[C@@H](O)CC[C@]4(C)[C@H]3CC[C@]12C. The predicted molar refractivity (Wildman–Crippen MR) is 109 cm³/mol. The van der Waals surface area contributed by atoms with Crippen molar-refractivity contribution in [3.8, 4) is 0 Å². The van der Waals surface area contributed by atoms with Crippen molar-refractivity contribution >= 4 is 5.97 Å². The van der Waals surface area contributed by atoms with Crippen LogP contribution in [0.5, 0.6) is 0 Å². The Bertz CT molecular complexity index is 657. The van der Waals surface area contributed by atoms with E-state index < -0.39 is 12.1 Å². The molecule has 28 heavy (non-hydrogen) atoms. The van der Waals surface area contributed by atoms with Gasteiger partial charge in [0.05, 0.1) is 12.2 Å². The second kappa shape index (κ2) is 7.12. The van der Waals surface area contributed by atoms with Crippen LogP contribution in [0.15, 0.2) is 11.6 Å². The van der Waals surface area contributed by atoms with Gasteiger partial charge in [0, 0.05) is 6.42 Å². The van der Waals surface area contributed by atoms with Crippen LogP contribution in [0, 0.1) is 40.4 Å². The molecule has 0 bridgehead atoms. The lowest BCUT2D eigenvalue weighted by Crippen LogP contribution is -2.54. The fourth-order valence-electron chi connectivity index (χ4n) is 8.16. The zero-order chi connectivity index (χ0) is 20.3. The molecule has 3 saturated carbocycles. The monoisotopic (exact) mass is 390 g/mol. The Hall–Kier alpha value is -0.870. The number of rotatable bonds is 4. The number of carbonyl (C=O) groups is 1. The van der Waals surface area contributed by atoms with Crippen LogP contribution in [0.1, 0.15) is 78.6 Å². The maximum Gasteiger partial charge on any atom is 0.303 e. The van der Waals surface area contributed by atoms with Crippen LogP contribution in [-0.2, 0) is 4.79 Å². The van der Waals surface area contributed by atoms with E-state index in [-0.39, 0.29) is 23.4 Å². The first-order valence-electron chi connectivity index (χ1n) is 11.5. The highest BCUT2D eigenvalue weighted by molar-refractivity contribution is 5.66. The van der Waals surface area contributed by atoms with Crippen molar-refractivity contribution < 1.29 is 20.1 Å². The molecular weight excluding hydrogens is 352 g/mol. The van der Waals surface area contributed by atoms with Crippen molar-refractivity contribution in [2.75, 3.05) is 0 Å². The smallest absolute Gasteiger partial charge is 0.303 e. The Kier molecular flexibility index (Phi) is 5.19. The lowest BCUT2D eigenvalue weighted by Gasteiger charge is -2.59. The van der Waals surface area contributed by atoms with Gasteiger partial charge in [-0.05, 0) is 91.8 Å². The molecule has 3 N–H and O–H groups in total. The highest BCUT2D eigenvalue weighted by Gasteiger charge is 2.61. The molecule has 4 aliphatic rings. The fraction of sp³-hybridized carbons (Fsp3) is 0.875. The van der Waals surface area contributed by atoms with Crippen molar-refractivity contribution in [1.29, 1.82) is 0 Å². The van der Waals surface area contributed by atoms with Crippen LogP contribution in [0.3, 0.4) is 0 Å². The molecule has 0 aromatic carbocycles. The molecule has 0 amide bonds. The van der Waals surface area contributed by atoms with Gasteiger partial charge >= 0.3 is 5.97 Å². The van der Waals surface area contributed by atoms with E-state index in [9.17, 15) is 15.0 Å². The summed E-state index contributed by atoms with van der Waals surface area (Å²) in [7, 11) is 0. The van der Waals surface area contributed by atoms with E-state index in [0.29, 0.717) is 29.6 Å². The third kappa shape index (κ3) is 3.06. The second-order valence-electron chi connectivity index (χ2n) is 10.9. The zero-order valence-electron chi connectivity index (χ0n) is 17.7.